The van der Waals surface area contributed by atoms with Crippen molar-refractivity contribution in [2.24, 2.45) is 11.8 Å². The predicted octanol–water partition coefficient (Wildman–Crippen LogP) is 3.94. The second-order valence-corrected chi connectivity index (χ2v) is 5.40. The smallest absolute Gasteiger partial charge is 0.308 e. The molecule has 0 aliphatic carbocycles. The second kappa shape index (κ2) is 7.19. The Balaban J connectivity index is 4.24. The lowest BCUT2D eigenvalue weighted by Crippen LogP contribution is -2.44. The first-order chi connectivity index (χ1) is 7.65. The molecule has 0 aromatic heterocycles. The van der Waals surface area contributed by atoms with Gasteiger partial charge in [-0.1, -0.05) is 27.7 Å². The fraction of sp³-hybridized carbons (Fsp3) is 1.00. The van der Waals surface area contributed by atoms with Crippen molar-refractivity contribution in [2.45, 2.75) is 58.9 Å². The second-order valence-electron chi connectivity index (χ2n) is 5.40. The summed E-state index contributed by atoms with van der Waals surface area (Å²) < 4.78 is 49.5. The Hall–Kier alpha value is -0.320. The molecular formula is C12H23F4N. The van der Waals surface area contributed by atoms with Crippen molar-refractivity contribution < 1.29 is 17.6 Å². The Bertz CT molecular complexity index is 195. The lowest BCUT2D eigenvalue weighted by atomic mass is 9.95. The van der Waals surface area contributed by atoms with Crippen LogP contribution in [-0.2, 0) is 0 Å². The van der Waals surface area contributed by atoms with E-state index in [0.29, 0.717) is 11.8 Å². The van der Waals surface area contributed by atoms with Gasteiger partial charge in [0.05, 0.1) is 6.54 Å². The Morgan fingerprint density at radius 1 is 0.941 bits per heavy atom. The van der Waals surface area contributed by atoms with E-state index in [1.165, 1.54) is 0 Å². The van der Waals surface area contributed by atoms with Crippen LogP contribution in [0.15, 0.2) is 0 Å². The maximum atomic E-state index is 12.8. The van der Waals surface area contributed by atoms with Crippen LogP contribution < -0.4 is 5.32 Å². The predicted molar refractivity (Wildman–Crippen MR) is 61.7 cm³/mol. The summed E-state index contributed by atoms with van der Waals surface area (Å²) in [6.07, 6.45) is -2.16. The first-order valence-electron chi connectivity index (χ1n) is 6.04. The molecule has 0 aromatic rings. The van der Waals surface area contributed by atoms with E-state index < -0.39 is 18.9 Å². The maximum absolute atomic E-state index is 12.8. The van der Waals surface area contributed by atoms with E-state index in [0.717, 1.165) is 12.8 Å². The average Bonchev–Trinajstić information content (AvgIpc) is 2.12. The number of halogens is 4. The summed E-state index contributed by atoms with van der Waals surface area (Å²) in [5, 5.41) is 2.57. The van der Waals surface area contributed by atoms with E-state index in [-0.39, 0.29) is 6.04 Å². The van der Waals surface area contributed by atoms with Crippen molar-refractivity contribution in [3.8, 4) is 0 Å². The van der Waals surface area contributed by atoms with E-state index in [1.54, 1.807) is 0 Å². The normalized spacial score (nSPS) is 13.4. The van der Waals surface area contributed by atoms with Crippen LogP contribution in [0.4, 0.5) is 17.6 Å². The standard InChI is InChI=1S/C12H23F4N/c1-8(2)5-10(6-9(3)4)17-7-12(15,16)11(13)14/h8-11,17H,5-7H2,1-4H3. The van der Waals surface area contributed by atoms with Gasteiger partial charge in [-0.3, -0.25) is 0 Å². The van der Waals surface area contributed by atoms with Crippen LogP contribution in [0.2, 0.25) is 0 Å². The third-order valence-corrected chi connectivity index (χ3v) is 2.46. The van der Waals surface area contributed by atoms with Gasteiger partial charge in [0.15, 0.2) is 0 Å². The van der Waals surface area contributed by atoms with Crippen LogP contribution >= 0.6 is 0 Å². The highest BCUT2D eigenvalue weighted by atomic mass is 19.3. The molecule has 104 valence electrons. The minimum atomic E-state index is -3.94. The lowest BCUT2D eigenvalue weighted by molar-refractivity contribution is -0.126. The first-order valence-corrected chi connectivity index (χ1v) is 6.04. The van der Waals surface area contributed by atoms with E-state index in [2.05, 4.69) is 5.32 Å². The molecule has 0 saturated carbocycles. The van der Waals surface area contributed by atoms with Crippen LogP contribution in [-0.4, -0.2) is 24.9 Å². The van der Waals surface area contributed by atoms with Crippen LogP contribution in [0.25, 0.3) is 0 Å². The van der Waals surface area contributed by atoms with Crippen molar-refractivity contribution in [1.29, 1.82) is 0 Å². The fourth-order valence-electron chi connectivity index (χ4n) is 1.76. The zero-order valence-electron chi connectivity index (χ0n) is 10.9. The van der Waals surface area contributed by atoms with Gasteiger partial charge in [-0.05, 0) is 24.7 Å². The molecule has 0 aromatic carbocycles. The number of nitrogens with one attached hydrogen (secondary N) is 1. The average molecular weight is 257 g/mol. The molecule has 0 aliphatic heterocycles. The van der Waals surface area contributed by atoms with Gasteiger partial charge in [-0.2, -0.15) is 8.78 Å². The molecular weight excluding hydrogens is 234 g/mol. The minimum Gasteiger partial charge on any atom is -0.308 e. The molecule has 5 heteroatoms. The zero-order chi connectivity index (χ0) is 13.6. The van der Waals surface area contributed by atoms with Crippen LogP contribution in [0.3, 0.4) is 0 Å². The summed E-state index contributed by atoms with van der Waals surface area (Å²) in [4.78, 5) is 0. The van der Waals surface area contributed by atoms with Gasteiger partial charge in [0.2, 0.25) is 0 Å². The number of alkyl halides is 4. The van der Waals surface area contributed by atoms with Crippen LogP contribution in [0.1, 0.15) is 40.5 Å². The highest BCUT2D eigenvalue weighted by Crippen LogP contribution is 2.22. The summed E-state index contributed by atoms with van der Waals surface area (Å²) in [6.45, 7) is 7.00. The van der Waals surface area contributed by atoms with Crippen molar-refractivity contribution in [3.63, 3.8) is 0 Å². The Morgan fingerprint density at radius 3 is 1.65 bits per heavy atom. The summed E-state index contributed by atoms with van der Waals surface area (Å²) in [7, 11) is 0. The van der Waals surface area contributed by atoms with E-state index in [4.69, 9.17) is 0 Å². The van der Waals surface area contributed by atoms with E-state index in [9.17, 15) is 17.6 Å². The molecule has 0 unspecified atom stereocenters. The lowest BCUT2D eigenvalue weighted by Gasteiger charge is -2.25. The fourth-order valence-corrected chi connectivity index (χ4v) is 1.76. The summed E-state index contributed by atoms with van der Waals surface area (Å²) in [6, 6.07) is -0.125. The van der Waals surface area contributed by atoms with Crippen molar-refractivity contribution in [1.82, 2.24) is 5.32 Å². The van der Waals surface area contributed by atoms with Crippen LogP contribution in [0, 0.1) is 11.8 Å². The van der Waals surface area contributed by atoms with Crippen LogP contribution in [0.5, 0.6) is 0 Å². The molecule has 0 atom stereocenters. The van der Waals surface area contributed by atoms with Gasteiger partial charge < -0.3 is 5.32 Å². The Labute approximate surface area is 101 Å². The molecule has 0 bridgehead atoms. The number of rotatable bonds is 8. The largest absolute Gasteiger partial charge is 0.319 e. The van der Waals surface area contributed by atoms with Gasteiger partial charge in [0, 0.05) is 6.04 Å². The van der Waals surface area contributed by atoms with Gasteiger partial charge in [0.1, 0.15) is 0 Å². The summed E-state index contributed by atoms with van der Waals surface area (Å²) >= 11 is 0. The highest BCUT2D eigenvalue weighted by molar-refractivity contribution is 4.77. The van der Waals surface area contributed by atoms with Gasteiger partial charge >= 0.3 is 12.3 Å². The molecule has 0 heterocycles. The number of hydrogen-bond acceptors (Lipinski definition) is 1. The molecule has 0 fully saturated rings. The highest BCUT2D eigenvalue weighted by Gasteiger charge is 2.40. The van der Waals surface area contributed by atoms with Crippen molar-refractivity contribution in [2.75, 3.05) is 6.54 Å². The maximum Gasteiger partial charge on any atom is 0.319 e. The monoisotopic (exact) mass is 257 g/mol. The Morgan fingerprint density at radius 2 is 1.35 bits per heavy atom. The van der Waals surface area contributed by atoms with Gasteiger partial charge in [0.25, 0.3) is 0 Å². The topological polar surface area (TPSA) is 12.0 Å². The van der Waals surface area contributed by atoms with Crippen molar-refractivity contribution >= 4 is 0 Å². The van der Waals surface area contributed by atoms with E-state index in [1.807, 2.05) is 27.7 Å². The van der Waals surface area contributed by atoms with Gasteiger partial charge in [-0.15, -0.1) is 0 Å². The van der Waals surface area contributed by atoms with Gasteiger partial charge in [-0.25, -0.2) is 8.78 Å². The zero-order valence-corrected chi connectivity index (χ0v) is 10.9. The molecule has 17 heavy (non-hydrogen) atoms. The summed E-state index contributed by atoms with van der Waals surface area (Å²) in [5.74, 6) is -3.23. The molecule has 1 nitrogen and oxygen atoms in total. The molecule has 0 saturated heterocycles. The van der Waals surface area contributed by atoms with E-state index >= 15 is 0 Å². The molecule has 0 amide bonds. The SMILES string of the molecule is CC(C)CC(CC(C)C)NCC(F)(F)C(F)F. The molecule has 0 rings (SSSR count). The minimum absolute atomic E-state index is 0.125. The molecule has 1 N–H and O–H groups in total. The third-order valence-electron chi connectivity index (χ3n) is 2.46. The summed E-state index contributed by atoms with van der Waals surface area (Å²) in [5.41, 5.74) is 0. The quantitative estimate of drug-likeness (QED) is 0.649. The molecule has 0 aliphatic rings. The molecule has 0 radical (unpaired) electrons. The number of hydrogen-bond donors (Lipinski definition) is 1. The first kappa shape index (κ1) is 16.7. The molecule has 0 spiro atoms. The Kier molecular flexibility index (Phi) is 7.05. The van der Waals surface area contributed by atoms with Crippen molar-refractivity contribution in [3.05, 3.63) is 0 Å². The third kappa shape index (κ3) is 7.58.